The third kappa shape index (κ3) is 4.30. The summed E-state index contributed by atoms with van der Waals surface area (Å²) in [5.41, 5.74) is 14.2. The van der Waals surface area contributed by atoms with Gasteiger partial charge in [-0.2, -0.15) is 10.1 Å². The maximum absolute atomic E-state index is 11.4. The molecule has 1 aliphatic heterocycles. The molecule has 2 atom stereocenters. The standard InChI is InChI=1S/C18H24N8O3S/c1-10-9-29-12(7-21-30(2,27)28)8-26(10)16-6-14(22-18(20)23-16)11-3-4-13-15(5-11)24-25-17(13)19/h3-6,10,12,21H,7-9H2,1-2H3,(H3,19,24,25)(H2,20,22,23)/t10-,12-/m1/s1. The van der Waals surface area contributed by atoms with Gasteiger partial charge in [0.2, 0.25) is 16.0 Å². The molecular formula is C18H24N8O3S. The Morgan fingerprint density at radius 2 is 2.10 bits per heavy atom. The number of H-pyrrole nitrogens is 1. The van der Waals surface area contributed by atoms with Crippen molar-refractivity contribution in [2.45, 2.75) is 19.1 Å². The molecule has 1 fully saturated rings. The number of fused-ring (bicyclic) bond motifs is 1. The Labute approximate surface area is 173 Å². The lowest BCUT2D eigenvalue weighted by atomic mass is 10.1. The molecule has 0 saturated carbocycles. The van der Waals surface area contributed by atoms with Gasteiger partial charge in [0.25, 0.3) is 0 Å². The van der Waals surface area contributed by atoms with Crippen molar-refractivity contribution in [3.8, 4) is 11.3 Å². The summed E-state index contributed by atoms with van der Waals surface area (Å²) in [5, 5.41) is 7.75. The first kappa shape index (κ1) is 20.3. The summed E-state index contributed by atoms with van der Waals surface area (Å²) in [5.74, 6) is 1.24. The first-order chi connectivity index (χ1) is 14.2. The summed E-state index contributed by atoms with van der Waals surface area (Å²) < 4.78 is 31.1. The van der Waals surface area contributed by atoms with E-state index in [2.05, 4.69) is 24.9 Å². The Kier molecular flexibility index (Phi) is 5.22. The number of hydrogen-bond acceptors (Lipinski definition) is 9. The van der Waals surface area contributed by atoms with E-state index in [9.17, 15) is 8.42 Å². The summed E-state index contributed by atoms with van der Waals surface area (Å²) in [6.45, 7) is 3.11. The summed E-state index contributed by atoms with van der Waals surface area (Å²) in [6, 6.07) is 7.59. The van der Waals surface area contributed by atoms with E-state index in [4.69, 9.17) is 16.2 Å². The van der Waals surface area contributed by atoms with Crippen molar-refractivity contribution < 1.29 is 13.2 Å². The van der Waals surface area contributed by atoms with E-state index in [-0.39, 0.29) is 24.6 Å². The molecule has 3 aromatic rings. The first-order valence-electron chi connectivity index (χ1n) is 9.41. The van der Waals surface area contributed by atoms with E-state index < -0.39 is 10.0 Å². The van der Waals surface area contributed by atoms with Gasteiger partial charge in [-0.05, 0) is 19.1 Å². The number of aromatic amines is 1. The van der Waals surface area contributed by atoms with Gasteiger partial charge in [-0.15, -0.1) is 0 Å². The van der Waals surface area contributed by atoms with Gasteiger partial charge in [-0.3, -0.25) is 5.10 Å². The number of anilines is 3. The maximum atomic E-state index is 11.4. The molecule has 1 aromatic carbocycles. The van der Waals surface area contributed by atoms with Gasteiger partial charge in [0, 0.05) is 30.1 Å². The summed E-state index contributed by atoms with van der Waals surface area (Å²) in [4.78, 5) is 10.8. The Balaban J connectivity index is 1.62. The molecule has 0 spiro atoms. The first-order valence-corrected chi connectivity index (χ1v) is 11.3. The second kappa shape index (κ2) is 7.70. The minimum atomic E-state index is -3.30. The lowest BCUT2D eigenvalue weighted by Gasteiger charge is -2.39. The van der Waals surface area contributed by atoms with Crippen LogP contribution in [0.5, 0.6) is 0 Å². The predicted octanol–water partition coefficient (Wildman–Crippen LogP) is 0.327. The van der Waals surface area contributed by atoms with E-state index in [0.717, 1.165) is 22.7 Å². The van der Waals surface area contributed by atoms with Crippen molar-refractivity contribution in [2.75, 3.05) is 42.3 Å². The van der Waals surface area contributed by atoms with Gasteiger partial charge >= 0.3 is 0 Å². The number of morpholine rings is 1. The summed E-state index contributed by atoms with van der Waals surface area (Å²) in [7, 11) is -3.30. The lowest BCUT2D eigenvalue weighted by molar-refractivity contribution is 0.0259. The number of nitrogens with one attached hydrogen (secondary N) is 2. The van der Waals surface area contributed by atoms with Crippen LogP contribution in [0.3, 0.4) is 0 Å². The van der Waals surface area contributed by atoms with E-state index in [0.29, 0.717) is 30.5 Å². The van der Waals surface area contributed by atoms with Crippen LogP contribution >= 0.6 is 0 Å². The van der Waals surface area contributed by atoms with Gasteiger partial charge in [0.1, 0.15) is 5.82 Å². The highest BCUT2D eigenvalue weighted by Crippen LogP contribution is 2.28. The molecular weight excluding hydrogens is 408 g/mol. The van der Waals surface area contributed by atoms with Crippen LogP contribution in [-0.2, 0) is 14.8 Å². The molecule has 0 amide bonds. The van der Waals surface area contributed by atoms with Crippen LogP contribution in [0.1, 0.15) is 6.92 Å². The normalized spacial score (nSPS) is 20.0. The third-order valence-corrected chi connectivity index (χ3v) is 5.68. The number of benzene rings is 1. The van der Waals surface area contributed by atoms with Crippen LogP contribution in [0.2, 0.25) is 0 Å². The molecule has 6 N–H and O–H groups in total. The topological polar surface area (TPSA) is 165 Å². The molecule has 160 valence electrons. The zero-order valence-corrected chi connectivity index (χ0v) is 17.5. The molecule has 0 radical (unpaired) electrons. The largest absolute Gasteiger partial charge is 0.382 e. The van der Waals surface area contributed by atoms with Crippen molar-refractivity contribution in [3.05, 3.63) is 24.3 Å². The molecule has 30 heavy (non-hydrogen) atoms. The Hall–Kier alpha value is -2.96. The molecule has 1 saturated heterocycles. The fourth-order valence-corrected chi connectivity index (χ4v) is 3.94. The Morgan fingerprint density at radius 3 is 2.87 bits per heavy atom. The van der Waals surface area contributed by atoms with Crippen molar-refractivity contribution in [1.82, 2.24) is 24.9 Å². The fourth-order valence-electron chi connectivity index (χ4n) is 3.45. The van der Waals surface area contributed by atoms with Crippen molar-refractivity contribution >= 4 is 38.5 Å². The molecule has 4 rings (SSSR count). The van der Waals surface area contributed by atoms with Crippen molar-refractivity contribution in [2.24, 2.45) is 0 Å². The molecule has 0 aliphatic carbocycles. The Morgan fingerprint density at radius 1 is 1.30 bits per heavy atom. The second-order valence-corrected chi connectivity index (χ2v) is 9.25. The van der Waals surface area contributed by atoms with Crippen LogP contribution in [0.15, 0.2) is 24.3 Å². The van der Waals surface area contributed by atoms with E-state index in [1.807, 2.05) is 36.1 Å². The number of nitrogen functional groups attached to an aromatic ring is 2. The monoisotopic (exact) mass is 432 g/mol. The van der Waals surface area contributed by atoms with Gasteiger partial charge in [0.05, 0.1) is 36.2 Å². The number of rotatable bonds is 5. The van der Waals surface area contributed by atoms with Crippen LogP contribution < -0.4 is 21.1 Å². The van der Waals surface area contributed by atoms with E-state index in [1.54, 1.807) is 0 Å². The van der Waals surface area contributed by atoms with E-state index >= 15 is 0 Å². The number of nitrogens with zero attached hydrogens (tertiary/aromatic N) is 4. The lowest BCUT2D eigenvalue weighted by Crippen LogP contribution is -2.52. The average Bonchev–Trinajstić information content (AvgIpc) is 3.06. The minimum absolute atomic E-state index is 0.0384. The smallest absolute Gasteiger partial charge is 0.222 e. The molecule has 12 heteroatoms. The number of ether oxygens (including phenoxy) is 1. The van der Waals surface area contributed by atoms with Gasteiger partial charge < -0.3 is 21.1 Å². The molecule has 3 heterocycles. The number of hydrogen-bond donors (Lipinski definition) is 4. The van der Waals surface area contributed by atoms with Crippen LogP contribution in [0.25, 0.3) is 22.2 Å². The van der Waals surface area contributed by atoms with Crippen LogP contribution in [0, 0.1) is 0 Å². The minimum Gasteiger partial charge on any atom is -0.382 e. The van der Waals surface area contributed by atoms with Gasteiger partial charge in [-0.1, -0.05) is 6.07 Å². The molecule has 11 nitrogen and oxygen atoms in total. The van der Waals surface area contributed by atoms with E-state index in [1.165, 1.54) is 0 Å². The van der Waals surface area contributed by atoms with Crippen LogP contribution in [0.4, 0.5) is 17.6 Å². The fraction of sp³-hybridized carbons (Fsp3) is 0.389. The van der Waals surface area contributed by atoms with Gasteiger partial charge in [0.15, 0.2) is 5.82 Å². The van der Waals surface area contributed by atoms with Crippen LogP contribution in [-0.4, -0.2) is 66.7 Å². The second-order valence-electron chi connectivity index (χ2n) is 7.42. The third-order valence-electron chi connectivity index (χ3n) is 4.99. The highest BCUT2D eigenvalue weighted by molar-refractivity contribution is 7.88. The summed E-state index contributed by atoms with van der Waals surface area (Å²) in [6.07, 6.45) is 0.817. The molecule has 0 unspecified atom stereocenters. The Bertz CT molecular complexity index is 1180. The average molecular weight is 433 g/mol. The summed E-state index contributed by atoms with van der Waals surface area (Å²) >= 11 is 0. The number of nitrogens with two attached hydrogens (primary N) is 2. The molecule has 0 bridgehead atoms. The quantitative estimate of drug-likeness (QED) is 0.444. The molecule has 2 aromatic heterocycles. The van der Waals surface area contributed by atoms with Gasteiger partial charge in [-0.25, -0.2) is 18.1 Å². The van der Waals surface area contributed by atoms with Crippen molar-refractivity contribution in [1.29, 1.82) is 0 Å². The maximum Gasteiger partial charge on any atom is 0.222 e. The van der Waals surface area contributed by atoms with Crippen molar-refractivity contribution in [3.63, 3.8) is 0 Å². The predicted molar refractivity (Wildman–Crippen MR) is 115 cm³/mol. The molecule has 1 aliphatic rings. The highest BCUT2D eigenvalue weighted by atomic mass is 32.2. The zero-order chi connectivity index (χ0) is 21.5. The SMILES string of the molecule is C[C@@H]1CO[C@H](CNS(C)(=O)=O)CN1c1cc(-c2ccc3c(N)n[nH]c3c2)nc(N)n1. The number of sulfonamides is 1. The number of aromatic nitrogens is 4. The zero-order valence-electron chi connectivity index (χ0n) is 16.7. The highest BCUT2D eigenvalue weighted by Gasteiger charge is 2.28.